The van der Waals surface area contributed by atoms with Gasteiger partial charge < -0.3 is 15.1 Å². The van der Waals surface area contributed by atoms with Crippen LogP contribution in [0.25, 0.3) is 0 Å². The van der Waals surface area contributed by atoms with Crippen LogP contribution in [0.4, 0.5) is 0 Å². The zero-order valence-corrected chi connectivity index (χ0v) is 20.6. The van der Waals surface area contributed by atoms with Crippen LogP contribution in [0, 0.1) is 12.8 Å². The molecule has 3 heterocycles. The molecule has 2 unspecified atom stereocenters. The predicted molar refractivity (Wildman–Crippen MR) is 133 cm³/mol. The first-order valence-electron chi connectivity index (χ1n) is 12.4. The lowest BCUT2D eigenvalue weighted by molar-refractivity contribution is -0.135. The van der Waals surface area contributed by atoms with E-state index in [-0.39, 0.29) is 17.9 Å². The highest BCUT2D eigenvalue weighted by Gasteiger charge is 2.43. The van der Waals surface area contributed by atoms with E-state index in [1.807, 2.05) is 4.90 Å². The molecule has 0 bridgehead atoms. The third-order valence-corrected chi connectivity index (χ3v) is 6.91. The summed E-state index contributed by atoms with van der Waals surface area (Å²) >= 11 is 0. The number of likely N-dealkylation sites (tertiary alicyclic amines) is 1. The first kappa shape index (κ1) is 24.4. The number of piperazine rings is 1. The number of hydrogen-bond acceptors (Lipinski definition) is 5. The van der Waals surface area contributed by atoms with Gasteiger partial charge in [0.15, 0.2) is 0 Å². The number of aromatic nitrogens is 1. The number of carbonyl (C=O) groups excluding carboxylic acids is 2. The lowest BCUT2D eigenvalue weighted by Gasteiger charge is -2.32. The van der Waals surface area contributed by atoms with Gasteiger partial charge in [-0.3, -0.25) is 19.5 Å². The highest BCUT2D eigenvalue weighted by molar-refractivity contribution is 5.97. The molecular formula is C27H37N5O2. The molecular weight excluding hydrogens is 426 g/mol. The summed E-state index contributed by atoms with van der Waals surface area (Å²) in [6.45, 7) is 11.9. The van der Waals surface area contributed by atoms with E-state index in [1.165, 1.54) is 11.1 Å². The molecule has 182 valence electrons. The highest BCUT2D eigenvalue weighted by atomic mass is 16.2. The number of aryl methyl sites for hydroxylation is 1. The number of rotatable bonds is 7. The van der Waals surface area contributed by atoms with Crippen LogP contribution in [0.15, 0.2) is 48.8 Å². The largest absolute Gasteiger partial charge is 0.338 e. The molecule has 2 aliphatic heterocycles. The van der Waals surface area contributed by atoms with E-state index in [9.17, 15) is 9.59 Å². The molecule has 1 aromatic heterocycles. The van der Waals surface area contributed by atoms with E-state index in [4.69, 9.17) is 0 Å². The molecule has 2 aromatic rings. The van der Waals surface area contributed by atoms with Crippen LogP contribution in [-0.2, 0) is 11.3 Å². The Balaban J connectivity index is 1.60. The van der Waals surface area contributed by atoms with Gasteiger partial charge in [-0.25, -0.2) is 0 Å². The van der Waals surface area contributed by atoms with Gasteiger partial charge in [0.25, 0.3) is 5.91 Å². The van der Waals surface area contributed by atoms with E-state index in [0.717, 1.165) is 26.2 Å². The van der Waals surface area contributed by atoms with Crippen LogP contribution in [0.1, 0.15) is 41.8 Å². The van der Waals surface area contributed by atoms with E-state index >= 15 is 0 Å². The van der Waals surface area contributed by atoms with Gasteiger partial charge in [-0.1, -0.05) is 38.1 Å². The Morgan fingerprint density at radius 3 is 2.59 bits per heavy atom. The zero-order chi connectivity index (χ0) is 24.1. The molecule has 0 saturated carbocycles. The third-order valence-electron chi connectivity index (χ3n) is 6.91. The molecule has 4 rings (SSSR count). The van der Waals surface area contributed by atoms with Crippen molar-refractivity contribution in [2.45, 2.75) is 45.8 Å². The molecule has 2 fully saturated rings. The van der Waals surface area contributed by atoms with Gasteiger partial charge in [0.1, 0.15) is 6.04 Å². The molecule has 7 heteroatoms. The van der Waals surface area contributed by atoms with Crippen molar-refractivity contribution in [1.82, 2.24) is 25.0 Å². The topological polar surface area (TPSA) is 68.8 Å². The first-order chi connectivity index (χ1) is 16.4. The average molecular weight is 464 g/mol. The number of carbonyl (C=O) groups is 2. The molecule has 0 aliphatic carbocycles. The van der Waals surface area contributed by atoms with Gasteiger partial charge in [0.2, 0.25) is 5.91 Å². The SMILES string of the molecule is Cc1ccccc1CN(CC(C)C)C1CC(C(=O)N2CCNCC2)N(C(=O)c2cccnc2)C1. The van der Waals surface area contributed by atoms with Crippen LogP contribution >= 0.6 is 0 Å². The minimum absolute atomic E-state index is 0.0710. The summed E-state index contributed by atoms with van der Waals surface area (Å²) in [6.07, 6.45) is 3.92. The van der Waals surface area contributed by atoms with Crippen LogP contribution in [-0.4, -0.2) is 82.9 Å². The van der Waals surface area contributed by atoms with Gasteiger partial charge in [0, 0.05) is 64.2 Å². The number of nitrogens with one attached hydrogen (secondary N) is 1. The Labute approximate surface area is 203 Å². The second kappa shape index (κ2) is 11.1. The molecule has 34 heavy (non-hydrogen) atoms. The zero-order valence-electron chi connectivity index (χ0n) is 20.6. The van der Waals surface area contributed by atoms with Crippen molar-refractivity contribution in [1.29, 1.82) is 0 Å². The second-order valence-corrected chi connectivity index (χ2v) is 9.93. The van der Waals surface area contributed by atoms with Gasteiger partial charge in [-0.15, -0.1) is 0 Å². The molecule has 1 aromatic carbocycles. The van der Waals surface area contributed by atoms with Crippen LogP contribution in [0.5, 0.6) is 0 Å². The predicted octanol–water partition coefficient (Wildman–Crippen LogP) is 2.56. The standard InChI is InChI=1S/C27H37N5O2/c1-20(2)17-31(18-23-8-5-4-7-21(23)3)24-15-25(27(34)30-13-11-28-12-14-30)32(19-24)26(33)22-9-6-10-29-16-22/h4-10,16,20,24-25,28H,11-15,17-19H2,1-3H3. The minimum Gasteiger partial charge on any atom is -0.338 e. The molecule has 2 aliphatic rings. The quantitative estimate of drug-likeness (QED) is 0.684. The Morgan fingerprint density at radius 2 is 1.91 bits per heavy atom. The number of benzene rings is 1. The first-order valence-corrected chi connectivity index (χ1v) is 12.4. The van der Waals surface area contributed by atoms with E-state index in [1.54, 1.807) is 29.4 Å². The van der Waals surface area contributed by atoms with Crippen molar-refractivity contribution >= 4 is 11.8 Å². The fraction of sp³-hybridized carbons (Fsp3) is 0.519. The van der Waals surface area contributed by atoms with Gasteiger partial charge in [-0.05, 0) is 42.5 Å². The summed E-state index contributed by atoms with van der Waals surface area (Å²) in [5.41, 5.74) is 3.10. The number of amides is 2. The normalized spacial score (nSPS) is 20.9. The number of hydrogen-bond donors (Lipinski definition) is 1. The summed E-state index contributed by atoms with van der Waals surface area (Å²) in [6, 6.07) is 11.7. The highest BCUT2D eigenvalue weighted by Crippen LogP contribution is 2.28. The molecule has 0 spiro atoms. The van der Waals surface area contributed by atoms with Gasteiger partial charge >= 0.3 is 0 Å². The smallest absolute Gasteiger partial charge is 0.256 e. The molecule has 1 N–H and O–H groups in total. The van der Waals surface area contributed by atoms with Crippen molar-refractivity contribution in [2.24, 2.45) is 5.92 Å². The number of pyridine rings is 1. The monoisotopic (exact) mass is 463 g/mol. The molecule has 0 radical (unpaired) electrons. The molecule has 2 amide bonds. The average Bonchev–Trinajstić information content (AvgIpc) is 3.30. The number of nitrogens with zero attached hydrogens (tertiary/aromatic N) is 4. The summed E-state index contributed by atoms with van der Waals surface area (Å²) < 4.78 is 0. The maximum Gasteiger partial charge on any atom is 0.256 e. The fourth-order valence-electron chi connectivity index (χ4n) is 5.11. The molecule has 2 atom stereocenters. The van der Waals surface area contributed by atoms with E-state index in [2.05, 4.69) is 60.2 Å². The summed E-state index contributed by atoms with van der Waals surface area (Å²) in [5.74, 6) is 0.445. The van der Waals surface area contributed by atoms with Crippen molar-refractivity contribution < 1.29 is 9.59 Å². The van der Waals surface area contributed by atoms with Crippen LogP contribution in [0.2, 0.25) is 0 Å². The Hall–Kier alpha value is -2.77. The molecule has 7 nitrogen and oxygen atoms in total. The minimum atomic E-state index is -0.442. The fourth-order valence-corrected chi connectivity index (χ4v) is 5.11. The Kier molecular flexibility index (Phi) is 7.95. The third kappa shape index (κ3) is 5.65. The van der Waals surface area contributed by atoms with E-state index in [0.29, 0.717) is 37.5 Å². The second-order valence-electron chi connectivity index (χ2n) is 9.93. The lowest BCUT2D eigenvalue weighted by atomic mass is 10.0. The van der Waals surface area contributed by atoms with Gasteiger partial charge in [0.05, 0.1) is 5.56 Å². The summed E-state index contributed by atoms with van der Waals surface area (Å²) in [5, 5.41) is 3.31. The van der Waals surface area contributed by atoms with Gasteiger partial charge in [-0.2, -0.15) is 0 Å². The summed E-state index contributed by atoms with van der Waals surface area (Å²) in [4.78, 5) is 37.5. The Bertz CT molecular complexity index is 974. The van der Waals surface area contributed by atoms with Crippen molar-refractivity contribution in [3.05, 3.63) is 65.5 Å². The van der Waals surface area contributed by atoms with Crippen molar-refractivity contribution in [2.75, 3.05) is 39.3 Å². The lowest BCUT2D eigenvalue weighted by Crippen LogP contribution is -2.53. The van der Waals surface area contributed by atoms with Crippen LogP contribution in [0.3, 0.4) is 0 Å². The van der Waals surface area contributed by atoms with E-state index < -0.39 is 6.04 Å². The van der Waals surface area contributed by atoms with Crippen molar-refractivity contribution in [3.63, 3.8) is 0 Å². The summed E-state index contributed by atoms with van der Waals surface area (Å²) in [7, 11) is 0. The Morgan fingerprint density at radius 1 is 1.15 bits per heavy atom. The molecule has 2 saturated heterocycles. The van der Waals surface area contributed by atoms with Crippen LogP contribution < -0.4 is 5.32 Å². The van der Waals surface area contributed by atoms with Crippen molar-refractivity contribution in [3.8, 4) is 0 Å². The maximum absolute atomic E-state index is 13.6. The maximum atomic E-state index is 13.6.